The molecule has 6 nitrogen and oxygen atoms in total. The van der Waals surface area contributed by atoms with Crippen molar-refractivity contribution in [1.82, 2.24) is 0 Å². The van der Waals surface area contributed by atoms with Crippen LogP contribution in [0.5, 0.6) is 0 Å². The third-order valence-corrected chi connectivity index (χ3v) is 7.26. The highest BCUT2D eigenvalue weighted by Gasteiger charge is 2.28. The molecule has 2 N–H and O–H groups in total. The Labute approximate surface area is 180 Å². The number of hydrogen-bond acceptors (Lipinski definition) is 5. The standard InChI is InChI=1S/C23H33N3O3S/c1-17-15-26(16-18(2)29-17)22-8-6-7-21(13-22)24-14-19-9-11-20(12-10-19)25-30(27,28)23(3,4)5/h6-13,17-18,24-25H,14-16H2,1-5H3. The Bertz CT molecular complexity index is 942. The van der Waals surface area contributed by atoms with Gasteiger partial charge in [-0.1, -0.05) is 18.2 Å². The number of hydrogen-bond donors (Lipinski definition) is 2. The maximum Gasteiger partial charge on any atom is 0.237 e. The van der Waals surface area contributed by atoms with Gasteiger partial charge in [-0.3, -0.25) is 4.72 Å². The van der Waals surface area contributed by atoms with E-state index >= 15 is 0 Å². The highest BCUT2D eigenvalue weighted by atomic mass is 32.2. The van der Waals surface area contributed by atoms with Crippen LogP contribution in [-0.2, 0) is 21.3 Å². The minimum atomic E-state index is -3.42. The molecule has 0 bridgehead atoms. The summed E-state index contributed by atoms with van der Waals surface area (Å²) in [4.78, 5) is 2.36. The summed E-state index contributed by atoms with van der Waals surface area (Å²) in [6, 6.07) is 15.9. The van der Waals surface area contributed by atoms with E-state index in [1.807, 2.05) is 12.1 Å². The van der Waals surface area contributed by atoms with Crippen molar-refractivity contribution >= 4 is 27.1 Å². The maximum atomic E-state index is 12.3. The van der Waals surface area contributed by atoms with E-state index in [0.29, 0.717) is 12.2 Å². The zero-order valence-corrected chi connectivity index (χ0v) is 19.3. The highest BCUT2D eigenvalue weighted by Crippen LogP contribution is 2.24. The van der Waals surface area contributed by atoms with Crippen molar-refractivity contribution in [3.05, 3.63) is 54.1 Å². The summed E-state index contributed by atoms with van der Waals surface area (Å²) in [5.41, 5.74) is 3.89. The molecule has 2 unspecified atom stereocenters. The summed E-state index contributed by atoms with van der Waals surface area (Å²) in [5, 5.41) is 3.46. The maximum absolute atomic E-state index is 12.3. The average molecular weight is 432 g/mol. The van der Waals surface area contributed by atoms with Crippen molar-refractivity contribution in [2.45, 2.75) is 58.1 Å². The average Bonchev–Trinajstić information content (AvgIpc) is 2.66. The van der Waals surface area contributed by atoms with Crippen LogP contribution in [0, 0.1) is 0 Å². The lowest BCUT2D eigenvalue weighted by Crippen LogP contribution is -2.45. The van der Waals surface area contributed by atoms with Crippen LogP contribution in [0.2, 0.25) is 0 Å². The summed E-state index contributed by atoms with van der Waals surface area (Å²) in [6.07, 6.45) is 0.444. The van der Waals surface area contributed by atoms with Crippen LogP contribution in [0.15, 0.2) is 48.5 Å². The van der Waals surface area contributed by atoms with Crippen LogP contribution in [0.25, 0.3) is 0 Å². The van der Waals surface area contributed by atoms with E-state index in [0.717, 1.165) is 24.3 Å². The van der Waals surface area contributed by atoms with Gasteiger partial charge in [-0.25, -0.2) is 8.42 Å². The van der Waals surface area contributed by atoms with Crippen LogP contribution < -0.4 is 14.9 Å². The Morgan fingerprint density at radius 3 is 2.23 bits per heavy atom. The topological polar surface area (TPSA) is 70.7 Å². The van der Waals surface area contributed by atoms with Crippen LogP contribution in [0.4, 0.5) is 17.1 Å². The van der Waals surface area contributed by atoms with Gasteiger partial charge in [0.15, 0.2) is 0 Å². The van der Waals surface area contributed by atoms with Gasteiger partial charge in [0.25, 0.3) is 0 Å². The monoisotopic (exact) mass is 431 g/mol. The smallest absolute Gasteiger partial charge is 0.237 e. The fourth-order valence-corrected chi connectivity index (χ4v) is 4.16. The molecule has 7 heteroatoms. The van der Waals surface area contributed by atoms with E-state index in [4.69, 9.17) is 4.74 Å². The van der Waals surface area contributed by atoms with Gasteiger partial charge in [-0.2, -0.15) is 0 Å². The molecule has 0 saturated carbocycles. The fourth-order valence-electron chi connectivity index (χ4n) is 3.40. The van der Waals surface area contributed by atoms with Crippen LogP contribution >= 0.6 is 0 Å². The Morgan fingerprint density at radius 2 is 1.63 bits per heavy atom. The number of anilines is 3. The Balaban J connectivity index is 1.61. The second kappa shape index (κ2) is 8.86. The van der Waals surface area contributed by atoms with Crippen molar-refractivity contribution in [2.75, 3.05) is 28.0 Å². The third kappa shape index (κ3) is 5.67. The molecule has 0 amide bonds. The van der Waals surface area contributed by atoms with Crippen molar-refractivity contribution in [2.24, 2.45) is 0 Å². The summed E-state index contributed by atoms with van der Waals surface area (Å²) in [5.74, 6) is 0. The first-order valence-corrected chi connectivity index (χ1v) is 11.9. The fraction of sp³-hybridized carbons (Fsp3) is 0.478. The Kier molecular flexibility index (Phi) is 6.62. The molecule has 1 saturated heterocycles. The van der Waals surface area contributed by atoms with Crippen LogP contribution in [0.3, 0.4) is 0 Å². The molecule has 2 aromatic rings. The van der Waals surface area contributed by atoms with E-state index in [9.17, 15) is 8.42 Å². The van der Waals surface area contributed by atoms with Crippen molar-refractivity contribution in [3.63, 3.8) is 0 Å². The van der Waals surface area contributed by atoms with Crippen molar-refractivity contribution in [1.29, 1.82) is 0 Å². The molecule has 2 atom stereocenters. The lowest BCUT2D eigenvalue weighted by atomic mass is 10.1. The largest absolute Gasteiger partial charge is 0.381 e. The third-order valence-electron chi connectivity index (χ3n) is 5.14. The van der Waals surface area contributed by atoms with Gasteiger partial charge >= 0.3 is 0 Å². The number of morpholine rings is 1. The molecule has 1 aliphatic rings. The molecular weight excluding hydrogens is 398 g/mol. The van der Waals surface area contributed by atoms with Crippen LogP contribution in [0.1, 0.15) is 40.2 Å². The highest BCUT2D eigenvalue weighted by molar-refractivity contribution is 7.94. The summed E-state index contributed by atoms with van der Waals surface area (Å²) in [6.45, 7) is 11.7. The van der Waals surface area contributed by atoms with Gasteiger partial charge in [-0.15, -0.1) is 0 Å². The van der Waals surface area contributed by atoms with Crippen LogP contribution in [-0.4, -0.2) is 38.5 Å². The summed E-state index contributed by atoms with van der Waals surface area (Å²) in [7, 11) is -3.42. The van der Waals surface area contributed by atoms with Gasteiger partial charge in [0, 0.05) is 36.7 Å². The number of benzene rings is 2. The molecule has 0 radical (unpaired) electrons. The first-order chi connectivity index (χ1) is 14.0. The van der Waals surface area contributed by atoms with Gasteiger partial charge < -0.3 is 15.0 Å². The number of nitrogens with one attached hydrogen (secondary N) is 2. The van der Waals surface area contributed by atoms with Gasteiger partial charge in [-0.05, 0) is 70.5 Å². The normalized spacial score (nSPS) is 20.1. The molecule has 0 aliphatic carbocycles. The molecule has 0 aromatic heterocycles. The second-order valence-electron chi connectivity index (χ2n) is 8.98. The van der Waals surface area contributed by atoms with Crippen molar-refractivity contribution in [3.8, 4) is 0 Å². The minimum absolute atomic E-state index is 0.222. The SMILES string of the molecule is CC1CN(c2cccc(NCc3ccc(NS(=O)(=O)C(C)(C)C)cc3)c2)CC(C)O1. The minimum Gasteiger partial charge on any atom is -0.381 e. The summed E-state index contributed by atoms with van der Waals surface area (Å²) >= 11 is 0. The number of nitrogens with zero attached hydrogens (tertiary/aromatic N) is 1. The predicted octanol–water partition coefficient (Wildman–Crippen LogP) is 4.45. The molecule has 1 fully saturated rings. The molecule has 1 heterocycles. The van der Waals surface area contributed by atoms with E-state index in [1.165, 1.54) is 5.69 Å². The Morgan fingerprint density at radius 1 is 1.00 bits per heavy atom. The number of rotatable bonds is 6. The zero-order chi connectivity index (χ0) is 21.9. The van der Waals surface area contributed by atoms with E-state index in [-0.39, 0.29) is 12.2 Å². The molecule has 3 rings (SSSR count). The lowest BCUT2D eigenvalue weighted by Gasteiger charge is -2.37. The first kappa shape index (κ1) is 22.4. The summed E-state index contributed by atoms with van der Waals surface area (Å²) < 4.78 is 32.2. The molecule has 30 heavy (non-hydrogen) atoms. The number of ether oxygens (including phenoxy) is 1. The van der Waals surface area contributed by atoms with Gasteiger partial charge in [0.2, 0.25) is 10.0 Å². The van der Waals surface area contributed by atoms with Gasteiger partial charge in [0.1, 0.15) is 0 Å². The lowest BCUT2D eigenvalue weighted by molar-refractivity contribution is -0.00521. The van der Waals surface area contributed by atoms with E-state index in [2.05, 4.69) is 53.1 Å². The number of sulfonamides is 1. The zero-order valence-electron chi connectivity index (χ0n) is 18.5. The predicted molar refractivity (Wildman–Crippen MR) is 125 cm³/mol. The van der Waals surface area contributed by atoms with E-state index < -0.39 is 14.8 Å². The molecular formula is C23H33N3O3S. The second-order valence-corrected chi connectivity index (χ2v) is 11.4. The molecule has 2 aromatic carbocycles. The van der Waals surface area contributed by atoms with E-state index in [1.54, 1.807) is 32.9 Å². The first-order valence-electron chi connectivity index (χ1n) is 10.4. The van der Waals surface area contributed by atoms with Crippen molar-refractivity contribution < 1.29 is 13.2 Å². The van der Waals surface area contributed by atoms with Gasteiger partial charge in [0.05, 0.1) is 17.0 Å². The molecule has 164 valence electrons. The quantitative estimate of drug-likeness (QED) is 0.707. The molecule has 1 aliphatic heterocycles. The molecule has 0 spiro atoms. The Hall–Kier alpha value is -2.25.